The molecule has 1 fully saturated rings. The van der Waals surface area contributed by atoms with Gasteiger partial charge in [0, 0.05) is 37.9 Å². The van der Waals surface area contributed by atoms with Gasteiger partial charge in [0.15, 0.2) is 0 Å². The van der Waals surface area contributed by atoms with Gasteiger partial charge in [-0.1, -0.05) is 18.2 Å². The number of carbonyl (C=O) groups excluding carboxylic acids is 1. The number of hydrogen-bond acceptors (Lipinski definition) is 6. The third-order valence-corrected chi connectivity index (χ3v) is 5.33. The van der Waals surface area contributed by atoms with E-state index in [2.05, 4.69) is 37.2 Å². The van der Waals surface area contributed by atoms with Crippen molar-refractivity contribution in [2.45, 2.75) is 19.5 Å². The van der Waals surface area contributed by atoms with Crippen LogP contribution in [0.5, 0.6) is 0 Å². The van der Waals surface area contributed by atoms with Crippen LogP contribution < -0.4 is 10.2 Å². The summed E-state index contributed by atoms with van der Waals surface area (Å²) >= 11 is 0. The summed E-state index contributed by atoms with van der Waals surface area (Å²) in [6.07, 6.45) is 6.18. The number of carbonyl (C=O) groups is 1. The topological polar surface area (TPSA) is 79.2 Å². The van der Waals surface area contributed by atoms with E-state index in [0.717, 1.165) is 49.5 Å². The van der Waals surface area contributed by atoms with Crippen molar-refractivity contribution in [3.63, 3.8) is 0 Å². The summed E-state index contributed by atoms with van der Waals surface area (Å²) in [5.41, 5.74) is 2.69. The summed E-state index contributed by atoms with van der Waals surface area (Å²) in [5.74, 6) is 0.908. The zero-order chi connectivity index (χ0) is 20.8. The Hall–Kier alpha value is -3.26. The molecule has 0 spiro atoms. The van der Waals surface area contributed by atoms with Crippen LogP contribution in [0.15, 0.2) is 55.2 Å². The largest absolute Gasteiger partial charge is 0.355 e. The fourth-order valence-electron chi connectivity index (χ4n) is 3.53. The predicted octanol–water partition coefficient (Wildman–Crippen LogP) is 1.79. The number of rotatable bonds is 6. The molecule has 156 valence electrons. The van der Waals surface area contributed by atoms with Gasteiger partial charge in [0.1, 0.15) is 18.5 Å². The molecule has 4 rings (SSSR count). The van der Waals surface area contributed by atoms with E-state index in [0.29, 0.717) is 18.7 Å². The molecule has 2 aromatic heterocycles. The number of pyridine rings is 1. The van der Waals surface area contributed by atoms with Gasteiger partial charge >= 0.3 is 0 Å². The lowest BCUT2D eigenvalue weighted by molar-refractivity contribution is 0.0951. The van der Waals surface area contributed by atoms with E-state index in [4.69, 9.17) is 0 Å². The van der Waals surface area contributed by atoms with Crippen LogP contribution in [0.25, 0.3) is 0 Å². The molecule has 3 aromatic rings. The molecular formula is C22H27N7O. The minimum atomic E-state index is -0.0954. The average Bonchev–Trinajstić information content (AvgIpc) is 3.19. The highest BCUT2D eigenvalue weighted by Gasteiger charge is 2.13. The third kappa shape index (κ3) is 5.21. The van der Waals surface area contributed by atoms with E-state index in [1.54, 1.807) is 11.0 Å². The Kier molecular flexibility index (Phi) is 6.34. The SMILES string of the molecule is CN1CCCN(c2ccc(CNC(=O)c3ccc(Cn4cncn4)cc3)cn2)CC1. The third-order valence-electron chi connectivity index (χ3n) is 5.33. The normalized spacial score (nSPS) is 15.0. The van der Waals surface area contributed by atoms with Crippen molar-refractivity contribution in [1.29, 1.82) is 0 Å². The lowest BCUT2D eigenvalue weighted by Gasteiger charge is -2.21. The first kappa shape index (κ1) is 20.0. The minimum absolute atomic E-state index is 0.0954. The van der Waals surface area contributed by atoms with E-state index in [1.807, 2.05) is 42.6 Å². The average molecular weight is 406 g/mol. The Bertz CT molecular complexity index is 939. The Morgan fingerprint density at radius 1 is 1.03 bits per heavy atom. The summed E-state index contributed by atoms with van der Waals surface area (Å²) in [7, 11) is 2.16. The Labute approximate surface area is 176 Å². The fourth-order valence-corrected chi connectivity index (χ4v) is 3.53. The summed E-state index contributed by atoms with van der Waals surface area (Å²) < 4.78 is 1.75. The van der Waals surface area contributed by atoms with Crippen LogP contribution in [-0.4, -0.2) is 63.8 Å². The van der Waals surface area contributed by atoms with E-state index < -0.39 is 0 Å². The van der Waals surface area contributed by atoms with E-state index in [-0.39, 0.29) is 5.91 Å². The van der Waals surface area contributed by atoms with E-state index >= 15 is 0 Å². The summed E-state index contributed by atoms with van der Waals surface area (Å²) in [4.78, 5) is 25.7. The second-order valence-electron chi connectivity index (χ2n) is 7.64. The van der Waals surface area contributed by atoms with Gasteiger partial charge in [-0.05, 0) is 49.3 Å². The molecule has 0 bridgehead atoms. The number of aromatic nitrogens is 4. The van der Waals surface area contributed by atoms with E-state index in [9.17, 15) is 4.79 Å². The summed E-state index contributed by atoms with van der Waals surface area (Å²) in [6.45, 7) is 5.29. The molecule has 1 saturated heterocycles. The second kappa shape index (κ2) is 9.49. The molecular weight excluding hydrogens is 378 g/mol. The molecule has 8 nitrogen and oxygen atoms in total. The molecule has 0 atom stereocenters. The Morgan fingerprint density at radius 3 is 2.60 bits per heavy atom. The number of hydrogen-bond donors (Lipinski definition) is 1. The molecule has 1 aliphatic heterocycles. The van der Waals surface area contributed by atoms with Crippen molar-refractivity contribution in [2.75, 3.05) is 38.1 Å². The molecule has 0 saturated carbocycles. The zero-order valence-corrected chi connectivity index (χ0v) is 17.2. The van der Waals surface area contributed by atoms with Crippen LogP contribution in [0, 0.1) is 0 Å². The molecule has 1 aromatic carbocycles. The molecule has 1 amide bonds. The number of likely N-dealkylation sites (N-methyl/N-ethyl adjacent to an activating group) is 1. The zero-order valence-electron chi connectivity index (χ0n) is 17.2. The van der Waals surface area contributed by atoms with Crippen molar-refractivity contribution < 1.29 is 4.79 Å². The Balaban J connectivity index is 1.29. The van der Waals surface area contributed by atoms with Crippen LogP contribution in [-0.2, 0) is 13.1 Å². The van der Waals surface area contributed by atoms with Crippen molar-refractivity contribution >= 4 is 11.7 Å². The fraction of sp³-hybridized carbons (Fsp3) is 0.364. The maximum Gasteiger partial charge on any atom is 0.251 e. The molecule has 0 radical (unpaired) electrons. The molecule has 1 aliphatic rings. The number of anilines is 1. The van der Waals surface area contributed by atoms with Crippen molar-refractivity contribution in [3.8, 4) is 0 Å². The first-order valence-corrected chi connectivity index (χ1v) is 10.3. The summed E-state index contributed by atoms with van der Waals surface area (Å²) in [6, 6.07) is 11.6. The molecule has 0 unspecified atom stereocenters. The minimum Gasteiger partial charge on any atom is -0.355 e. The van der Waals surface area contributed by atoms with Crippen LogP contribution >= 0.6 is 0 Å². The van der Waals surface area contributed by atoms with Crippen LogP contribution in [0.2, 0.25) is 0 Å². The highest BCUT2D eigenvalue weighted by atomic mass is 16.1. The van der Waals surface area contributed by atoms with Gasteiger partial charge in [-0.2, -0.15) is 5.10 Å². The molecule has 30 heavy (non-hydrogen) atoms. The molecule has 8 heteroatoms. The van der Waals surface area contributed by atoms with Gasteiger partial charge < -0.3 is 15.1 Å². The molecule has 3 heterocycles. The lowest BCUT2D eigenvalue weighted by Crippen LogP contribution is -2.29. The number of nitrogens with one attached hydrogen (secondary N) is 1. The molecule has 0 aliphatic carbocycles. The predicted molar refractivity (Wildman–Crippen MR) is 115 cm³/mol. The highest BCUT2D eigenvalue weighted by Crippen LogP contribution is 2.14. The lowest BCUT2D eigenvalue weighted by atomic mass is 10.1. The van der Waals surface area contributed by atoms with Gasteiger partial charge in [0.05, 0.1) is 6.54 Å². The summed E-state index contributed by atoms with van der Waals surface area (Å²) in [5, 5.41) is 7.06. The quantitative estimate of drug-likeness (QED) is 0.674. The highest BCUT2D eigenvalue weighted by molar-refractivity contribution is 5.94. The van der Waals surface area contributed by atoms with Gasteiger partial charge in [-0.3, -0.25) is 4.79 Å². The van der Waals surface area contributed by atoms with Gasteiger partial charge in [-0.15, -0.1) is 0 Å². The van der Waals surface area contributed by atoms with Gasteiger partial charge in [0.2, 0.25) is 0 Å². The number of amides is 1. The standard InChI is InChI=1S/C22H27N7O/c1-27-9-2-10-28(12-11-27)21-8-5-19(13-24-21)14-25-22(30)20-6-3-18(4-7-20)15-29-17-23-16-26-29/h3-8,13,16-17H,2,9-12,14-15H2,1H3,(H,25,30). The van der Waals surface area contributed by atoms with Crippen LogP contribution in [0.1, 0.15) is 27.9 Å². The molecule has 1 N–H and O–H groups in total. The van der Waals surface area contributed by atoms with Crippen LogP contribution in [0.4, 0.5) is 5.82 Å². The number of benzene rings is 1. The van der Waals surface area contributed by atoms with Gasteiger partial charge in [-0.25, -0.2) is 14.6 Å². The first-order chi connectivity index (χ1) is 14.7. The van der Waals surface area contributed by atoms with Crippen LogP contribution in [0.3, 0.4) is 0 Å². The maximum atomic E-state index is 12.5. The second-order valence-corrected chi connectivity index (χ2v) is 7.64. The maximum absolute atomic E-state index is 12.5. The monoisotopic (exact) mass is 405 g/mol. The van der Waals surface area contributed by atoms with E-state index in [1.165, 1.54) is 6.33 Å². The first-order valence-electron chi connectivity index (χ1n) is 10.3. The Morgan fingerprint density at radius 2 is 1.87 bits per heavy atom. The van der Waals surface area contributed by atoms with Gasteiger partial charge in [0.25, 0.3) is 5.91 Å². The smallest absolute Gasteiger partial charge is 0.251 e. The van der Waals surface area contributed by atoms with Crippen molar-refractivity contribution in [3.05, 3.63) is 71.9 Å². The van der Waals surface area contributed by atoms with Crippen molar-refractivity contribution in [1.82, 2.24) is 30.0 Å². The van der Waals surface area contributed by atoms with Crippen molar-refractivity contribution in [2.24, 2.45) is 0 Å². The number of nitrogens with zero attached hydrogens (tertiary/aromatic N) is 6.